The Hall–Kier alpha value is -3.66. The summed E-state index contributed by atoms with van der Waals surface area (Å²) < 4.78 is 10.8. The predicted molar refractivity (Wildman–Crippen MR) is 118 cm³/mol. The number of para-hydroxylation sites is 1. The number of Topliss-reactive ketones (excluding diaryl/α,β-unsaturated/α-hetero) is 1. The number of hydrogen-bond acceptors (Lipinski definition) is 4. The third kappa shape index (κ3) is 5.23. The summed E-state index contributed by atoms with van der Waals surface area (Å²) in [5.41, 5.74) is 3.48. The van der Waals surface area contributed by atoms with Crippen molar-refractivity contribution in [1.82, 2.24) is 0 Å². The molecule has 0 N–H and O–H groups in total. The average molecular weight is 400 g/mol. The minimum atomic E-state index is -0.564. The zero-order valence-electron chi connectivity index (χ0n) is 17.1. The fourth-order valence-electron chi connectivity index (χ4n) is 3.04. The van der Waals surface area contributed by atoms with Gasteiger partial charge in [0.1, 0.15) is 5.75 Å². The highest BCUT2D eigenvalue weighted by atomic mass is 16.5. The van der Waals surface area contributed by atoms with E-state index in [1.165, 1.54) is 0 Å². The van der Waals surface area contributed by atoms with Gasteiger partial charge in [-0.15, -0.1) is 0 Å². The minimum absolute atomic E-state index is 0.240. The molecule has 30 heavy (non-hydrogen) atoms. The van der Waals surface area contributed by atoms with Gasteiger partial charge in [-0.25, -0.2) is 4.79 Å². The molecule has 0 amide bonds. The van der Waals surface area contributed by atoms with Gasteiger partial charge in [-0.2, -0.15) is 0 Å². The molecule has 0 aliphatic rings. The molecule has 4 heteroatoms. The lowest BCUT2D eigenvalue weighted by molar-refractivity contribution is -0.135. The number of esters is 1. The SMILES string of the molecule is CCc1ccc(C(=O)COC(=O)/C(=C/c2ccccc2OC)c2ccccc2)cc1. The standard InChI is InChI=1S/C26H24O4/c1-3-19-13-15-21(16-14-19)24(27)18-30-26(28)23(20-9-5-4-6-10-20)17-22-11-7-8-12-25(22)29-2/h4-17H,3,18H2,1-2H3/b23-17+. The molecule has 0 radical (unpaired) electrons. The summed E-state index contributed by atoms with van der Waals surface area (Å²) in [5.74, 6) is -0.160. The number of ketones is 1. The van der Waals surface area contributed by atoms with E-state index in [4.69, 9.17) is 9.47 Å². The van der Waals surface area contributed by atoms with Crippen LogP contribution in [0.4, 0.5) is 0 Å². The molecule has 0 bridgehead atoms. The Balaban J connectivity index is 1.82. The van der Waals surface area contributed by atoms with Crippen LogP contribution in [0.2, 0.25) is 0 Å². The third-order valence-electron chi connectivity index (χ3n) is 4.76. The quantitative estimate of drug-likeness (QED) is 0.225. The van der Waals surface area contributed by atoms with Crippen LogP contribution in [0, 0.1) is 0 Å². The second kappa shape index (κ2) is 10.2. The van der Waals surface area contributed by atoms with Crippen molar-refractivity contribution in [1.29, 1.82) is 0 Å². The molecule has 0 aliphatic heterocycles. The van der Waals surface area contributed by atoms with Gasteiger partial charge in [0.2, 0.25) is 0 Å². The molecule has 0 fully saturated rings. The summed E-state index contributed by atoms with van der Waals surface area (Å²) >= 11 is 0. The lowest BCUT2D eigenvalue weighted by Crippen LogP contribution is -2.15. The van der Waals surface area contributed by atoms with Gasteiger partial charge in [0.15, 0.2) is 12.4 Å². The number of carbonyl (C=O) groups excluding carboxylic acids is 2. The molecule has 0 aromatic heterocycles. The Bertz CT molecular complexity index is 1030. The molecule has 0 saturated carbocycles. The summed E-state index contributed by atoms with van der Waals surface area (Å²) in [6.07, 6.45) is 2.62. The van der Waals surface area contributed by atoms with Gasteiger partial charge in [0.25, 0.3) is 0 Å². The first kappa shape index (κ1) is 21.1. The summed E-state index contributed by atoms with van der Waals surface area (Å²) in [4.78, 5) is 25.4. The van der Waals surface area contributed by atoms with Crippen molar-refractivity contribution in [2.75, 3.05) is 13.7 Å². The lowest BCUT2D eigenvalue weighted by Gasteiger charge is -2.10. The molecule has 3 rings (SSSR count). The highest BCUT2D eigenvalue weighted by Crippen LogP contribution is 2.25. The van der Waals surface area contributed by atoms with Crippen LogP contribution in [0.5, 0.6) is 5.75 Å². The van der Waals surface area contributed by atoms with Crippen molar-refractivity contribution in [3.63, 3.8) is 0 Å². The molecule has 3 aromatic rings. The van der Waals surface area contributed by atoms with Crippen LogP contribution < -0.4 is 4.74 Å². The van der Waals surface area contributed by atoms with E-state index in [0.29, 0.717) is 22.4 Å². The van der Waals surface area contributed by atoms with E-state index in [0.717, 1.165) is 17.5 Å². The first-order valence-electron chi connectivity index (χ1n) is 9.81. The Morgan fingerprint density at radius 3 is 2.17 bits per heavy atom. The highest BCUT2D eigenvalue weighted by Gasteiger charge is 2.17. The Morgan fingerprint density at radius 2 is 1.50 bits per heavy atom. The molecule has 0 unspecified atom stereocenters. The first-order chi connectivity index (χ1) is 14.6. The topological polar surface area (TPSA) is 52.6 Å². The van der Waals surface area contributed by atoms with Crippen LogP contribution in [-0.2, 0) is 16.0 Å². The van der Waals surface area contributed by atoms with Crippen molar-refractivity contribution in [2.24, 2.45) is 0 Å². The molecule has 0 atom stereocenters. The normalized spacial score (nSPS) is 11.1. The molecule has 0 spiro atoms. The third-order valence-corrected chi connectivity index (χ3v) is 4.76. The number of benzene rings is 3. The van der Waals surface area contributed by atoms with Crippen molar-refractivity contribution in [3.8, 4) is 5.75 Å². The monoisotopic (exact) mass is 400 g/mol. The van der Waals surface area contributed by atoms with Gasteiger partial charge in [-0.05, 0) is 29.7 Å². The van der Waals surface area contributed by atoms with E-state index >= 15 is 0 Å². The maximum absolute atomic E-state index is 12.9. The second-order valence-corrected chi connectivity index (χ2v) is 6.72. The molecule has 0 saturated heterocycles. The van der Waals surface area contributed by atoms with Gasteiger partial charge in [0.05, 0.1) is 12.7 Å². The van der Waals surface area contributed by atoms with E-state index < -0.39 is 5.97 Å². The molecule has 0 heterocycles. The fraction of sp³-hybridized carbons (Fsp3) is 0.154. The molecule has 152 valence electrons. The molecular weight excluding hydrogens is 376 g/mol. The van der Waals surface area contributed by atoms with Crippen molar-refractivity contribution in [2.45, 2.75) is 13.3 Å². The van der Waals surface area contributed by atoms with Gasteiger partial charge in [-0.3, -0.25) is 4.79 Å². The van der Waals surface area contributed by atoms with Crippen LogP contribution in [0.25, 0.3) is 11.6 Å². The number of methoxy groups -OCH3 is 1. The van der Waals surface area contributed by atoms with Crippen molar-refractivity contribution in [3.05, 3.63) is 101 Å². The minimum Gasteiger partial charge on any atom is -0.496 e. The van der Waals surface area contributed by atoms with E-state index in [1.807, 2.05) is 66.7 Å². The van der Waals surface area contributed by atoms with Gasteiger partial charge in [0, 0.05) is 11.1 Å². The molecular formula is C26H24O4. The maximum atomic E-state index is 12.9. The van der Waals surface area contributed by atoms with Crippen LogP contribution in [0.15, 0.2) is 78.9 Å². The first-order valence-corrected chi connectivity index (χ1v) is 9.81. The van der Waals surface area contributed by atoms with E-state index in [1.54, 1.807) is 25.3 Å². The Labute approximate surface area is 176 Å². The average Bonchev–Trinajstić information content (AvgIpc) is 2.81. The van der Waals surface area contributed by atoms with Crippen LogP contribution in [-0.4, -0.2) is 25.5 Å². The van der Waals surface area contributed by atoms with Crippen molar-refractivity contribution < 1.29 is 19.1 Å². The Kier molecular flexibility index (Phi) is 7.17. The maximum Gasteiger partial charge on any atom is 0.339 e. The van der Waals surface area contributed by atoms with Crippen LogP contribution in [0.3, 0.4) is 0 Å². The second-order valence-electron chi connectivity index (χ2n) is 6.72. The summed E-state index contributed by atoms with van der Waals surface area (Å²) in [6, 6.07) is 24.0. The molecule has 3 aromatic carbocycles. The number of carbonyl (C=O) groups is 2. The Morgan fingerprint density at radius 1 is 0.833 bits per heavy atom. The van der Waals surface area contributed by atoms with E-state index in [-0.39, 0.29) is 12.4 Å². The zero-order valence-corrected chi connectivity index (χ0v) is 17.1. The summed E-state index contributed by atoms with van der Waals surface area (Å²) in [6.45, 7) is 1.73. The van der Waals surface area contributed by atoms with Gasteiger partial charge in [-0.1, -0.05) is 79.7 Å². The molecule has 4 nitrogen and oxygen atoms in total. The van der Waals surface area contributed by atoms with E-state index in [9.17, 15) is 9.59 Å². The molecule has 0 aliphatic carbocycles. The van der Waals surface area contributed by atoms with Crippen LogP contribution >= 0.6 is 0 Å². The smallest absolute Gasteiger partial charge is 0.339 e. The summed E-state index contributed by atoms with van der Waals surface area (Å²) in [7, 11) is 1.58. The fourth-order valence-corrected chi connectivity index (χ4v) is 3.04. The predicted octanol–water partition coefficient (Wildman–Crippen LogP) is 5.22. The zero-order chi connectivity index (χ0) is 21.3. The summed E-state index contributed by atoms with van der Waals surface area (Å²) in [5, 5.41) is 0. The van der Waals surface area contributed by atoms with Crippen molar-refractivity contribution >= 4 is 23.4 Å². The van der Waals surface area contributed by atoms with Gasteiger partial charge < -0.3 is 9.47 Å². The lowest BCUT2D eigenvalue weighted by atomic mass is 10.0. The largest absolute Gasteiger partial charge is 0.496 e. The van der Waals surface area contributed by atoms with Gasteiger partial charge >= 0.3 is 5.97 Å². The van der Waals surface area contributed by atoms with Crippen LogP contribution in [0.1, 0.15) is 34.0 Å². The van der Waals surface area contributed by atoms with E-state index in [2.05, 4.69) is 6.92 Å². The number of rotatable bonds is 8. The highest BCUT2D eigenvalue weighted by molar-refractivity contribution is 6.22. The number of hydrogen-bond donors (Lipinski definition) is 0. The number of aryl methyl sites for hydroxylation is 1. The number of ether oxygens (including phenoxy) is 2.